The first-order valence-corrected chi connectivity index (χ1v) is 2.35. The molecule has 0 heterocycles. The molecule has 0 aliphatic rings. The monoisotopic (exact) mass is 168 g/mol. The van der Waals surface area contributed by atoms with E-state index in [1.54, 1.807) is 0 Å². The van der Waals surface area contributed by atoms with Gasteiger partial charge in [-0.3, -0.25) is 0 Å². The summed E-state index contributed by atoms with van der Waals surface area (Å²) in [4.78, 5) is 21.6. The van der Waals surface area contributed by atoms with Crippen LogP contribution in [0.1, 0.15) is 0 Å². The molecule has 0 fully saturated rings. The molecular formula is H7AlKO4P. The Bertz CT molecular complexity index is 57.8. The fourth-order valence-electron chi connectivity index (χ4n) is 0. The van der Waals surface area contributed by atoms with Crippen LogP contribution in [0.5, 0.6) is 0 Å². The fourth-order valence-corrected chi connectivity index (χ4v) is 0. The maximum absolute atomic E-state index is 8.88. The third-order valence-electron chi connectivity index (χ3n) is 0. The molecule has 0 aliphatic heterocycles. The minimum atomic E-state index is -4.64. The van der Waals surface area contributed by atoms with E-state index in [4.69, 9.17) is 19.2 Å². The quantitative estimate of drug-likeness (QED) is 0.270. The van der Waals surface area contributed by atoms with Gasteiger partial charge in [0.15, 0.2) is 17.4 Å². The summed E-state index contributed by atoms with van der Waals surface area (Å²) in [6, 6.07) is 0. The van der Waals surface area contributed by atoms with E-state index in [2.05, 4.69) is 0 Å². The van der Waals surface area contributed by atoms with Crippen molar-refractivity contribution in [3.63, 3.8) is 0 Å². The Morgan fingerprint density at radius 3 is 1.14 bits per heavy atom. The Balaban J connectivity index is -0.0000000800. The van der Waals surface area contributed by atoms with Gasteiger partial charge in [0.2, 0.25) is 0 Å². The predicted molar refractivity (Wildman–Crippen MR) is 31.4 cm³/mol. The summed E-state index contributed by atoms with van der Waals surface area (Å²) in [5.74, 6) is 0. The summed E-state index contributed by atoms with van der Waals surface area (Å²) in [7, 11) is -4.64. The summed E-state index contributed by atoms with van der Waals surface area (Å²) in [5, 5.41) is 0. The molecule has 0 aliphatic carbocycles. The van der Waals surface area contributed by atoms with Gasteiger partial charge in [0.1, 0.15) is 0 Å². The van der Waals surface area contributed by atoms with Crippen LogP contribution in [0.2, 0.25) is 0 Å². The van der Waals surface area contributed by atoms with Crippen LogP contribution in [0.3, 0.4) is 0 Å². The molecule has 0 aromatic carbocycles. The second kappa shape index (κ2) is 6.40. The number of hydrogen-bond donors (Lipinski definition) is 3. The van der Waals surface area contributed by atoms with E-state index in [0.717, 1.165) is 0 Å². The summed E-state index contributed by atoms with van der Waals surface area (Å²) in [6.45, 7) is 0. The number of rotatable bonds is 0. The summed E-state index contributed by atoms with van der Waals surface area (Å²) in [5.41, 5.74) is 0. The third kappa shape index (κ3) is 62.8. The topological polar surface area (TPSA) is 77.8 Å². The van der Waals surface area contributed by atoms with Gasteiger partial charge >= 0.3 is 59.2 Å². The van der Waals surface area contributed by atoms with Gasteiger partial charge in [0.05, 0.1) is 0 Å². The van der Waals surface area contributed by atoms with Gasteiger partial charge < -0.3 is 14.7 Å². The van der Waals surface area contributed by atoms with Crippen LogP contribution in [-0.2, 0) is 4.57 Å². The zero-order valence-corrected chi connectivity index (χ0v) is 3.09. The molecule has 0 unspecified atom stereocenters. The average Bonchev–Trinajstić information content (AvgIpc) is 0.722. The Labute approximate surface area is 94.1 Å². The van der Waals surface area contributed by atoms with E-state index in [1.807, 2.05) is 0 Å². The van der Waals surface area contributed by atoms with Crippen LogP contribution >= 0.6 is 7.82 Å². The molecule has 0 saturated heterocycles. The summed E-state index contributed by atoms with van der Waals surface area (Å²) in [6.07, 6.45) is 0. The molecular weight excluding hydrogens is 161 g/mol. The van der Waals surface area contributed by atoms with E-state index in [9.17, 15) is 0 Å². The van der Waals surface area contributed by atoms with Crippen LogP contribution < -0.4 is 0 Å². The second-order valence-corrected chi connectivity index (χ2v) is 1.54. The SMILES string of the molecule is O=P(O)(O)O.[AlH3].[KH]. The molecule has 4 nitrogen and oxygen atoms in total. The molecule has 0 spiro atoms. The van der Waals surface area contributed by atoms with Crippen LogP contribution in [0.15, 0.2) is 0 Å². The molecule has 3 N–H and O–H groups in total. The second-order valence-electron chi connectivity index (χ2n) is 0.513. The Kier molecular flexibility index (Phi) is 14.7. The van der Waals surface area contributed by atoms with Gasteiger partial charge in [-0.1, -0.05) is 0 Å². The van der Waals surface area contributed by atoms with Gasteiger partial charge in [-0.2, -0.15) is 0 Å². The van der Waals surface area contributed by atoms with Gasteiger partial charge in [-0.25, -0.2) is 4.57 Å². The third-order valence-corrected chi connectivity index (χ3v) is 0. The molecule has 0 bridgehead atoms. The van der Waals surface area contributed by atoms with E-state index >= 15 is 0 Å². The first-order chi connectivity index (χ1) is 2.00. The molecule has 0 amide bonds. The molecule has 7 heavy (non-hydrogen) atoms. The van der Waals surface area contributed by atoms with Crippen molar-refractivity contribution < 1.29 is 19.2 Å². The van der Waals surface area contributed by atoms with Gasteiger partial charge in [0.25, 0.3) is 0 Å². The van der Waals surface area contributed by atoms with Gasteiger partial charge in [0, 0.05) is 0 Å². The fraction of sp³-hybridized carbons (Fsp3) is 0. The zero-order valence-electron chi connectivity index (χ0n) is 2.20. The van der Waals surface area contributed by atoms with Crippen molar-refractivity contribution in [2.45, 2.75) is 0 Å². The Morgan fingerprint density at radius 1 is 1.14 bits per heavy atom. The van der Waals surface area contributed by atoms with E-state index in [-0.39, 0.29) is 68.7 Å². The summed E-state index contributed by atoms with van der Waals surface area (Å²) < 4.78 is 8.88. The van der Waals surface area contributed by atoms with E-state index < -0.39 is 7.82 Å². The molecule has 0 atom stereocenters. The van der Waals surface area contributed by atoms with Crippen LogP contribution in [0.4, 0.5) is 0 Å². The van der Waals surface area contributed by atoms with Crippen molar-refractivity contribution in [2.75, 3.05) is 0 Å². The van der Waals surface area contributed by atoms with Crippen molar-refractivity contribution in [1.29, 1.82) is 0 Å². The van der Waals surface area contributed by atoms with Crippen LogP contribution in [0, 0.1) is 0 Å². The van der Waals surface area contributed by atoms with Gasteiger partial charge in [-0.15, -0.1) is 0 Å². The Morgan fingerprint density at radius 2 is 1.14 bits per heavy atom. The molecule has 0 rings (SSSR count). The van der Waals surface area contributed by atoms with Crippen molar-refractivity contribution in [3.05, 3.63) is 0 Å². The predicted octanol–water partition coefficient (Wildman–Crippen LogP) is -2.76. The number of hydrogen-bond acceptors (Lipinski definition) is 1. The molecule has 0 aromatic heterocycles. The average molecular weight is 168 g/mol. The molecule has 0 saturated carbocycles. The van der Waals surface area contributed by atoms with Crippen molar-refractivity contribution in [1.82, 2.24) is 0 Å². The van der Waals surface area contributed by atoms with Crippen LogP contribution in [0.25, 0.3) is 0 Å². The molecule has 7 heteroatoms. The van der Waals surface area contributed by atoms with Crippen molar-refractivity contribution >= 4 is 76.6 Å². The van der Waals surface area contributed by atoms with Crippen molar-refractivity contribution in [2.24, 2.45) is 0 Å². The summed E-state index contributed by atoms with van der Waals surface area (Å²) >= 11 is 0. The molecule has 40 valence electrons. The zero-order chi connectivity index (χ0) is 4.50. The Hall–Kier alpha value is 2.28. The standard InChI is InChI=1S/Al.K.H3O4P.4H/c;;1-5(2,3)4;;;;/h;;(H3,1,2,3,4);;;;. The normalized spacial score (nSPS) is 8.43. The molecule has 0 aromatic rings. The first-order valence-electron chi connectivity index (χ1n) is 0.783. The number of phosphoric acid groups is 1. The van der Waals surface area contributed by atoms with E-state index in [0.29, 0.717) is 0 Å². The van der Waals surface area contributed by atoms with E-state index in [1.165, 1.54) is 0 Å². The first kappa shape index (κ1) is 16.1. The van der Waals surface area contributed by atoms with Gasteiger partial charge in [-0.05, 0) is 0 Å². The molecule has 0 radical (unpaired) electrons. The minimum absolute atomic E-state index is 0. The van der Waals surface area contributed by atoms with Crippen LogP contribution in [-0.4, -0.2) is 83.4 Å². The van der Waals surface area contributed by atoms with Crippen molar-refractivity contribution in [3.8, 4) is 0 Å². The maximum atomic E-state index is 8.88.